The van der Waals surface area contributed by atoms with Crippen molar-refractivity contribution in [3.05, 3.63) is 35.9 Å². The van der Waals surface area contributed by atoms with Gasteiger partial charge in [0.05, 0.1) is 6.54 Å². The van der Waals surface area contributed by atoms with Crippen molar-refractivity contribution >= 4 is 5.91 Å². The first kappa shape index (κ1) is 15.0. The molecule has 20 heavy (non-hydrogen) atoms. The van der Waals surface area contributed by atoms with Crippen LogP contribution in [0.3, 0.4) is 0 Å². The Bertz CT molecular complexity index is 421. The van der Waals surface area contributed by atoms with Gasteiger partial charge in [-0.25, -0.2) is 0 Å². The molecule has 2 unspecified atom stereocenters. The molecule has 4 nitrogen and oxygen atoms in total. The standard InChI is InChI=1S/C16H25N3O/c1-19(12-13-7-3-2-4-8-13)15-10-6-5-9-14(15)18-16(20)11-17/h2-4,7-8,14-15H,5-6,9-12,17H2,1H3,(H,18,20). The lowest BCUT2D eigenvalue weighted by Gasteiger charge is -2.38. The first-order valence-corrected chi connectivity index (χ1v) is 7.44. The molecule has 1 amide bonds. The average Bonchev–Trinajstić information content (AvgIpc) is 2.48. The van der Waals surface area contributed by atoms with Crippen LogP contribution in [0.5, 0.6) is 0 Å². The molecule has 0 bridgehead atoms. The summed E-state index contributed by atoms with van der Waals surface area (Å²) in [6, 6.07) is 11.1. The molecule has 0 aromatic heterocycles. The van der Waals surface area contributed by atoms with Crippen molar-refractivity contribution in [3.8, 4) is 0 Å². The summed E-state index contributed by atoms with van der Waals surface area (Å²) in [6.07, 6.45) is 4.61. The van der Waals surface area contributed by atoms with E-state index in [1.807, 2.05) is 6.07 Å². The van der Waals surface area contributed by atoms with E-state index in [0.29, 0.717) is 6.04 Å². The Labute approximate surface area is 121 Å². The lowest BCUT2D eigenvalue weighted by molar-refractivity contribution is -0.121. The number of hydrogen-bond donors (Lipinski definition) is 2. The van der Waals surface area contributed by atoms with E-state index in [-0.39, 0.29) is 18.5 Å². The summed E-state index contributed by atoms with van der Waals surface area (Å²) < 4.78 is 0. The molecule has 1 fully saturated rings. The van der Waals surface area contributed by atoms with Gasteiger partial charge in [0.15, 0.2) is 0 Å². The Morgan fingerprint density at radius 3 is 2.70 bits per heavy atom. The molecular formula is C16H25N3O. The Balaban J connectivity index is 1.98. The predicted molar refractivity (Wildman–Crippen MR) is 81.2 cm³/mol. The van der Waals surface area contributed by atoms with Crippen LogP contribution in [-0.2, 0) is 11.3 Å². The number of carbonyl (C=O) groups is 1. The maximum absolute atomic E-state index is 11.6. The molecule has 2 atom stereocenters. The Morgan fingerprint density at radius 1 is 1.30 bits per heavy atom. The Hall–Kier alpha value is -1.39. The van der Waals surface area contributed by atoms with Gasteiger partial charge in [-0.1, -0.05) is 43.2 Å². The second kappa shape index (κ2) is 7.41. The third-order valence-corrected chi connectivity index (χ3v) is 4.10. The van der Waals surface area contributed by atoms with Crippen LogP contribution in [0.15, 0.2) is 30.3 Å². The van der Waals surface area contributed by atoms with Gasteiger partial charge in [-0.15, -0.1) is 0 Å². The number of nitrogens with zero attached hydrogens (tertiary/aromatic N) is 1. The molecule has 1 aromatic carbocycles. The zero-order valence-electron chi connectivity index (χ0n) is 12.2. The summed E-state index contributed by atoms with van der Waals surface area (Å²) in [5.74, 6) is -0.0463. The predicted octanol–water partition coefficient (Wildman–Crippen LogP) is 1.50. The molecule has 1 aliphatic carbocycles. The first-order chi connectivity index (χ1) is 9.70. The quantitative estimate of drug-likeness (QED) is 0.856. The van der Waals surface area contributed by atoms with Gasteiger partial charge in [-0.3, -0.25) is 9.69 Å². The summed E-state index contributed by atoms with van der Waals surface area (Å²) in [5.41, 5.74) is 6.72. The molecule has 3 N–H and O–H groups in total. The normalized spacial score (nSPS) is 22.8. The topological polar surface area (TPSA) is 58.4 Å². The molecule has 1 aliphatic rings. The molecule has 1 saturated carbocycles. The van der Waals surface area contributed by atoms with E-state index in [0.717, 1.165) is 19.4 Å². The maximum atomic E-state index is 11.6. The minimum Gasteiger partial charge on any atom is -0.351 e. The number of rotatable bonds is 5. The lowest BCUT2D eigenvalue weighted by Crippen LogP contribution is -2.53. The highest BCUT2D eigenvalue weighted by molar-refractivity contribution is 5.78. The minimum atomic E-state index is -0.0463. The van der Waals surface area contributed by atoms with Crippen LogP contribution >= 0.6 is 0 Å². The Morgan fingerprint density at radius 2 is 2.00 bits per heavy atom. The number of carbonyl (C=O) groups excluding carboxylic acids is 1. The molecule has 110 valence electrons. The zero-order chi connectivity index (χ0) is 14.4. The van der Waals surface area contributed by atoms with E-state index < -0.39 is 0 Å². The van der Waals surface area contributed by atoms with E-state index in [2.05, 4.69) is 41.5 Å². The highest BCUT2D eigenvalue weighted by Crippen LogP contribution is 2.23. The van der Waals surface area contributed by atoms with Gasteiger partial charge in [-0.05, 0) is 25.5 Å². The van der Waals surface area contributed by atoms with Gasteiger partial charge in [0.25, 0.3) is 0 Å². The summed E-state index contributed by atoms with van der Waals surface area (Å²) in [6.45, 7) is 0.992. The van der Waals surface area contributed by atoms with Gasteiger partial charge in [0.2, 0.25) is 5.91 Å². The number of nitrogens with two attached hydrogens (primary N) is 1. The molecular weight excluding hydrogens is 250 g/mol. The highest BCUT2D eigenvalue weighted by atomic mass is 16.1. The van der Waals surface area contributed by atoms with Crippen molar-refractivity contribution in [2.24, 2.45) is 5.73 Å². The fourth-order valence-corrected chi connectivity index (χ4v) is 3.06. The number of benzene rings is 1. The van der Waals surface area contributed by atoms with Gasteiger partial charge in [0, 0.05) is 18.6 Å². The second-order valence-corrected chi connectivity index (χ2v) is 5.63. The molecule has 0 spiro atoms. The van der Waals surface area contributed by atoms with E-state index in [9.17, 15) is 4.79 Å². The van der Waals surface area contributed by atoms with Crippen LogP contribution < -0.4 is 11.1 Å². The largest absolute Gasteiger partial charge is 0.351 e. The number of amides is 1. The van der Waals surface area contributed by atoms with Crippen LogP contribution in [-0.4, -0.2) is 36.5 Å². The first-order valence-electron chi connectivity index (χ1n) is 7.44. The van der Waals surface area contributed by atoms with Crippen LogP contribution in [0.25, 0.3) is 0 Å². The van der Waals surface area contributed by atoms with E-state index in [4.69, 9.17) is 5.73 Å². The molecule has 1 aromatic rings. The minimum absolute atomic E-state index is 0.0463. The third kappa shape index (κ3) is 4.05. The van der Waals surface area contributed by atoms with Crippen LogP contribution in [0, 0.1) is 0 Å². The fourth-order valence-electron chi connectivity index (χ4n) is 3.06. The second-order valence-electron chi connectivity index (χ2n) is 5.63. The molecule has 0 radical (unpaired) electrons. The molecule has 0 aliphatic heterocycles. The smallest absolute Gasteiger partial charge is 0.234 e. The maximum Gasteiger partial charge on any atom is 0.234 e. The third-order valence-electron chi connectivity index (χ3n) is 4.10. The van der Waals surface area contributed by atoms with Gasteiger partial charge in [-0.2, -0.15) is 0 Å². The van der Waals surface area contributed by atoms with Gasteiger partial charge >= 0.3 is 0 Å². The van der Waals surface area contributed by atoms with Crippen LogP contribution in [0.4, 0.5) is 0 Å². The van der Waals surface area contributed by atoms with Crippen molar-refractivity contribution in [2.75, 3.05) is 13.6 Å². The zero-order valence-corrected chi connectivity index (χ0v) is 12.2. The van der Waals surface area contributed by atoms with Crippen molar-refractivity contribution < 1.29 is 4.79 Å². The molecule has 0 saturated heterocycles. The molecule has 2 rings (SSSR count). The summed E-state index contributed by atoms with van der Waals surface area (Å²) >= 11 is 0. The van der Waals surface area contributed by atoms with Gasteiger partial charge < -0.3 is 11.1 Å². The summed E-state index contributed by atoms with van der Waals surface area (Å²) in [7, 11) is 2.14. The van der Waals surface area contributed by atoms with Gasteiger partial charge in [0.1, 0.15) is 0 Å². The lowest BCUT2D eigenvalue weighted by atomic mass is 9.89. The molecule has 0 heterocycles. The monoisotopic (exact) mass is 275 g/mol. The van der Waals surface area contributed by atoms with Crippen molar-refractivity contribution in [1.82, 2.24) is 10.2 Å². The number of nitrogens with one attached hydrogen (secondary N) is 1. The number of likely N-dealkylation sites (N-methyl/N-ethyl adjacent to an activating group) is 1. The SMILES string of the molecule is CN(Cc1ccccc1)C1CCCCC1NC(=O)CN. The highest BCUT2D eigenvalue weighted by Gasteiger charge is 2.29. The molecule has 4 heteroatoms. The van der Waals surface area contributed by atoms with Crippen molar-refractivity contribution in [3.63, 3.8) is 0 Å². The summed E-state index contributed by atoms with van der Waals surface area (Å²) in [5, 5.41) is 3.08. The van der Waals surface area contributed by atoms with Crippen LogP contribution in [0.2, 0.25) is 0 Å². The van der Waals surface area contributed by atoms with Crippen molar-refractivity contribution in [2.45, 2.75) is 44.3 Å². The van der Waals surface area contributed by atoms with E-state index in [1.54, 1.807) is 0 Å². The van der Waals surface area contributed by atoms with E-state index >= 15 is 0 Å². The fraction of sp³-hybridized carbons (Fsp3) is 0.562. The van der Waals surface area contributed by atoms with Crippen molar-refractivity contribution in [1.29, 1.82) is 0 Å². The van der Waals surface area contributed by atoms with E-state index in [1.165, 1.54) is 18.4 Å². The number of hydrogen-bond acceptors (Lipinski definition) is 3. The van der Waals surface area contributed by atoms with Crippen LogP contribution in [0.1, 0.15) is 31.2 Å². The Kier molecular flexibility index (Phi) is 5.56. The summed E-state index contributed by atoms with van der Waals surface area (Å²) in [4.78, 5) is 13.9. The average molecular weight is 275 g/mol.